The average molecular weight is 215 g/mol. The molecule has 0 fully saturated rings. The summed E-state index contributed by atoms with van der Waals surface area (Å²) in [6.07, 6.45) is -2.98. The summed E-state index contributed by atoms with van der Waals surface area (Å²) in [5, 5.41) is 2.11. The smallest absolute Gasteiger partial charge is 0.315 e. The first-order valence-corrected chi connectivity index (χ1v) is 4.32. The molecule has 0 unspecified atom stereocenters. The van der Waals surface area contributed by atoms with Crippen LogP contribution in [0.25, 0.3) is 0 Å². The van der Waals surface area contributed by atoms with Gasteiger partial charge >= 0.3 is 6.43 Å². The number of halogens is 2. The Morgan fingerprint density at radius 2 is 2.27 bits per heavy atom. The molecule has 0 saturated carbocycles. The summed E-state index contributed by atoms with van der Waals surface area (Å²) in [4.78, 5) is 10.6. The van der Waals surface area contributed by atoms with Gasteiger partial charge in [-0.1, -0.05) is 12.1 Å². The number of alkyl halides is 2. The molecule has 0 aliphatic rings. The van der Waals surface area contributed by atoms with Crippen molar-refractivity contribution >= 4 is 5.91 Å². The Hall–Kier alpha value is -1.65. The van der Waals surface area contributed by atoms with Crippen LogP contribution in [0.5, 0.6) is 5.75 Å². The summed E-state index contributed by atoms with van der Waals surface area (Å²) in [7, 11) is 1.51. The highest BCUT2D eigenvalue weighted by atomic mass is 19.3. The Balaban J connectivity index is 2.54. The van der Waals surface area contributed by atoms with Crippen LogP contribution in [0.1, 0.15) is 5.56 Å². The summed E-state index contributed by atoms with van der Waals surface area (Å²) < 4.78 is 28.6. The quantitative estimate of drug-likeness (QED) is 0.828. The number of amides is 1. The molecular weight excluding hydrogens is 204 g/mol. The summed E-state index contributed by atoms with van der Waals surface area (Å²) in [5.74, 6) is -0.642. The Morgan fingerprint density at radius 1 is 1.53 bits per heavy atom. The molecule has 0 aliphatic heterocycles. The van der Waals surface area contributed by atoms with Crippen LogP contribution in [-0.4, -0.2) is 19.4 Å². The lowest BCUT2D eigenvalue weighted by Gasteiger charge is -2.06. The van der Waals surface area contributed by atoms with E-state index in [1.54, 1.807) is 24.3 Å². The first-order valence-electron chi connectivity index (χ1n) is 4.32. The van der Waals surface area contributed by atoms with Gasteiger partial charge in [0.25, 0.3) is 5.91 Å². The third-order valence-corrected chi connectivity index (χ3v) is 1.80. The van der Waals surface area contributed by atoms with Crippen LogP contribution >= 0.6 is 0 Å². The second-order valence-corrected chi connectivity index (χ2v) is 2.87. The summed E-state index contributed by atoms with van der Waals surface area (Å²) in [5.41, 5.74) is 0.711. The average Bonchev–Trinajstić information content (AvgIpc) is 2.26. The number of methoxy groups -OCH3 is 1. The van der Waals surface area contributed by atoms with Crippen molar-refractivity contribution in [3.05, 3.63) is 29.8 Å². The number of carbonyl (C=O) groups excluding carboxylic acids is 1. The number of hydrogen-bond donors (Lipinski definition) is 1. The topological polar surface area (TPSA) is 38.3 Å². The zero-order chi connectivity index (χ0) is 11.3. The lowest BCUT2D eigenvalue weighted by molar-refractivity contribution is -0.131. The maximum absolute atomic E-state index is 11.8. The minimum atomic E-state index is -2.98. The third-order valence-electron chi connectivity index (χ3n) is 1.80. The highest BCUT2D eigenvalue weighted by molar-refractivity contribution is 5.79. The summed E-state index contributed by atoms with van der Waals surface area (Å²) in [6, 6.07) is 6.85. The van der Waals surface area contributed by atoms with Crippen LogP contribution < -0.4 is 10.1 Å². The van der Waals surface area contributed by atoms with Gasteiger partial charge in [0.15, 0.2) is 0 Å². The Morgan fingerprint density at radius 3 is 2.87 bits per heavy atom. The highest BCUT2D eigenvalue weighted by Gasteiger charge is 2.13. The first-order chi connectivity index (χ1) is 7.13. The van der Waals surface area contributed by atoms with E-state index in [1.165, 1.54) is 7.11 Å². The van der Waals surface area contributed by atoms with Crippen molar-refractivity contribution in [1.82, 2.24) is 5.32 Å². The van der Waals surface area contributed by atoms with Crippen LogP contribution in [0.15, 0.2) is 24.3 Å². The van der Waals surface area contributed by atoms with Crippen molar-refractivity contribution in [2.75, 3.05) is 7.11 Å². The molecular formula is C10H11F2NO2. The molecule has 0 bridgehead atoms. The third kappa shape index (κ3) is 3.53. The molecule has 1 amide bonds. The van der Waals surface area contributed by atoms with Gasteiger partial charge in [-0.25, -0.2) is 0 Å². The highest BCUT2D eigenvalue weighted by Crippen LogP contribution is 2.12. The molecule has 0 heterocycles. The van der Waals surface area contributed by atoms with Crippen LogP contribution in [0.3, 0.4) is 0 Å². The minimum absolute atomic E-state index is 0.0698. The van der Waals surface area contributed by atoms with Crippen LogP contribution in [-0.2, 0) is 11.3 Å². The van der Waals surface area contributed by atoms with Gasteiger partial charge in [0.1, 0.15) is 5.75 Å². The minimum Gasteiger partial charge on any atom is -0.497 e. The van der Waals surface area contributed by atoms with Crippen molar-refractivity contribution in [1.29, 1.82) is 0 Å². The molecule has 1 aromatic rings. The van der Waals surface area contributed by atoms with Gasteiger partial charge < -0.3 is 10.1 Å². The van der Waals surface area contributed by atoms with Crippen molar-refractivity contribution in [2.24, 2.45) is 0 Å². The molecule has 3 nitrogen and oxygen atoms in total. The van der Waals surface area contributed by atoms with Crippen molar-refractivity contribution in [2.45, 2.75) is 13.0 Å². The molecule has 1 aromatic carbocycles. The van der Waals surface area contributed by atoms with Gasteiger partial charge in [0.2, 0.25) is 0 Å². The van der Waals surface area contributed by atoms with Crippen molar-refractivity contribution < 1.29 is 18.3 Å². The number of rotatable bonds is 4. The lowest BCUT2D eigenvalue weighted by Crippen LogP contribution is -2.28. The van der Waals surface area contributed by atoms with E-state index in [2.05, 4.69) is 5.32 Å². The van der Waals surface area contributed by atoms with Gasteiger partial charge in [-0.3, -0.25) is 4.79 Å². The second-order valence-electron chi connectivity index (χ2n) is 2.87. The van der Waals surface area contributed by atoms with E-state index >= 15 is 0 Å². The molecule has 0 atom stereocenters. The van der Waals surface area contributed by atoms with Crippen LogP contribution in [0, 0.1) is 0 Å². The molecule has 1 rings (SSSR count). The maximum Gasteiger partial charge on any atom is 0.315 e. The molecule has 0 aromatic heterocycles. The maximum atomic E-state index is 11.8. The normalized spacial score (nSPS) is 10.1. The molecule has 15 heavy (non-hydrogen) atoms. The van der Waals surface area contributed by atoms with E-state index in [-0.39, 0.29) is 6.54 Å². The monoisotopic (exact) mass is 215 g/mol. The molecule has 0 radical (unpaired) electrons. The van der Waals surface area contributed by atoms with Gasteiger partial charge in [-0.15, -0.1) is 0 Å². The SMILES string of the molecule is COc1cccc(CNC(=O)C(F)F)c1. The van der Waals surface area contributed by atoms with Crippen molar-refractivity contribution in [3.63, 3.8) is 0 Å². The summed E-state index contributed by atoms with van der Waals surface area (Å²) in [6.45, 7) is 0.0698. The number of benzene rings is 1. The van der Waals surface area contributed by atoms with E-state index in [1.807, 2.05) is 0 Å². The zero-order valence-corrected chi connectivity index (χ0v) is 8.17. The Bertz CT molecular complexity index is 342. The molecule has 1 N–H and O–H groups in total. The van der Waals surface area contributed by atoms with Gasteiger partial charge in [-0.05, 0) is 17.7 Å². The van der Waals surface area contributed by atoms with Crippen LogP contribution in [0.4, 0.5) is 8.78 Å². The van der Waals surface area contributed by atoms with E-state index in [0.717, 1.165) is 0 Å². The van der Waals surface area contributed by atoms with E-state index in [4.69, 9.17) is 4.74 Å². The molecule has 0 aliphatic carbocycles. The van der Waals surface area contributed by atoms with Crippen molar-refractivity contribution in [3.8, 4) is 5.75 Å². The number of nitrogens with one attached hydrogen (secondary N) is 1. The fourth-order valence-electron chi connectivity index (χ4n) is 1.05. The number of carbonyl (C=O) groups is 1. The predicted octanol–water partition coefficient (Wildman–Crippen LogP) is 1.58. The Labute approximate surface area is 86.0 Å². The van der Waals surface area contributed by atoms with Gasteiger partial charge in [-0.2, -0.15) is 8.78 Å². The summed E-state index contributed by atoms with van der Waals surface area (Å²) >= 11 is 0. The zero-order valence-electron chi connectivity index (χ0n) is 8.17. The molecule has 0 saturated heterocycles. The molecule has 5 heteroatoms. The second kappa shape index (κ2) is 5.29. The fourth-order valence-corrected chi connectivity index (χ4v) is 1.05. The van der Waals surface area contributed by atoms with Crippen LogP contribution in [0.2, 0.25) is 0 Å². The Kier molecular flexibility index (Phi) is 4.03. The number of ether oxygens (including phenoxy) is 1. The largest absolute Gasteiger partial charge is 0.497 e. The van der Waals surface area contributed by atoms with E-state index in [9.17, 15) is 13.6 Å². The standard InChI is InChI=1S/C10H11F2NO2/c1-15-8-4-2-3-7(5-8)6-13-10(14)9(11)12/h2-5,9H,6H2,1H3,(H,13,14). The molecule has 0 spiro atoms. The van der Waals surface area contributed by atoms with Gasteiger partial charge in [0, 0.05) is 6.54 Å². The number of hydrogen-bond acceptors (Lipinski definition) is 2. The lowest BCUT2D eigenvalue weighted by atomic mass is 10.2. The molecule has 82 valence electrons. The van der Waals surface area contributed by atoms with Gasteiger partial charge in [0.05, 0.1) is 7.11 Å². The van der Waals surface area contributed by atoms with E-state index < -0.39 is 12.3 Å². The van der Waals surface area contributed by atoms with E-state index in [0.29, 0.717) is 11.3 Å². The first kappa shape index (κ1) is 11.4. The fraction of sp³-hybridized carbons (Fsp3) is 0.300. The predicted molar refractivity (Wildman–Crippen MR) is 50.8 cm³/mol.